The van der Waals surface area contributed by atoms with Crippen molar-refractivity contribution < 1.29 is 9.50 Å². The SMILES string of the molecule is CC(C)(O)CSCCNc1nc(-c2ccc(F)cc2)cs1. The molecule has 0 radical (unpaired) electrons. The van der Waals surface area contributed by atoms with Gasteiger partial charge < -0.3 is 10.4 Å². The first-order valence-electron chi connectivity index (χ1n) is 6.69. The molecule has 21 heavy (non-hydrogen) atoms. The van der Waals surface area contributed by atoms with Gasteiger partial charge in [-0.1, -0.05) is 0 Å². The van der Waals surface area contributed by atoms with Crippen molar-refractivity contribution in [3.05, 3.63) is 35.5 Å². The second-order valence-corrected chi connectivity index (χ2v) is 7.30. The van der Waals surface area contributed by atoms with E-state index in [0.717, 1.165) is 28.7 Å². The molecule has 3 nitrogen and oxygen atoms in total. The highest BCUT2D eigenvalue weighted by molar-refractivity contribution is 7.99. The van der Waals surface area contributed by atoms with Gasteiger partial charge in [0.1, 0.15) is 5.82 Å². The first kappa shape index (κ1) is 16.3. The van der Waals surface area contributed by atoms with Crippen molar-refractivity contribution in [1.82, 2.24) is 4.98 Å². The van der Waals surface area contributed by atoms with Crippen LogP contribution in [0.2, 0.25) is 0 Å². The minimum absolute atomic E-state index is 0.240. The summed E-state index contributed by atoms with van der Waals surface area (Å²) in [4.78, 5) is 4.48. The van der Waals surface area contributed by atoms with Crippen LogP contribution in [-0.4, -0.2) is 33.7 Å². The molecule has 0 bridgehead atoms. The first-order valence-corrected chi connectivity index (χ1v) is 8.73. The lowest BCUT2D eigenvalue weighted by Gasteiger charge is -2.15. The zero-order valence-corrected chi connectivity index (χ0v) is 13.7. The molecule has 0 atom stereocenters. The van der Waals surface area contributed by atoms with Gasteiger partial charge in [0.05, 0.1) is 11.3 Å². The summed E-state index contributed by atoms with van der Waals surface area (Å²) in [6.45, 7) is 4.42. The third kappa shape index (κ3) is 5.65. The van der Waals surface area contributed by atoms with Crippen molar-refractivity contribution in [2.24, 2.45) is 0 Å². The van der Waals surface area contributed by atoms with Gasteiger partial charge in [0.25, 0.3) is 0 Å². The van der Waals surface area contributed by atoms with Crippen molar-refractivity contribution in [1.29, 1.82) is 0 Å². The second kappa shape index (κ2) is 7.24. The van der Waals surface area contributed by atoms with Crippen LogP contribution in [0, 0.1) is 5.82 Å². The normalized spacial score (nSPS) is 11.6. The third-order valence-corrected chi connectivity index (χ3v) is 4.83. The fourth-order valence-corrected chi connectivity index (χ4v) is 3.30. The standard InChI is InChI=1S/C15H19FN2OS2/c1-15(2,19)10-20-8-7-17-14-18-13(9-21-14)11-3-5-12(16)6-4-11/h3-6,9,19H,7-8,10H2,1-2H3,(H,17,18). The lowest BCUT2D eigenvalue weighted by atomic mass is 10.2. The maximum absolute atomic E-state index is 12.9. The number of nitrogens with zero attached hydrogens (tertiary/aromatic N) is 1. The van der Waals surface area contributed by atoms with E-state index in [0.29, 0.717) is 5.75 Å². The number of thiazole rings is 1. The molecule has 0 saturated heterocycles. The smallest absolute Gasteiger partial charge is 0.183 e. The van der Waals surface area contributed by atoms with E-state index in [1.165, 1.54) is 23.5 Å². The molecule has 6 heteroatoms. The molecule has 0 saturated carbocycles. The number of thioether (sulfide) groups is 1. The van der Waals surface area contributed by atoms with Gasteiger partial charge in [-0.25, -0.2) is 9.37 Å². The highest BCUT2D eigenvalue weighted by Gasteiger charge is 2.11. The number of halogens is 1. The number of aliphatic hydroxyl groups is 1. The lowest BCUT2D eigenvalue weighted by molar-refractivity contribution is 0.107. The Morgan fingerprint density at radius 3 is 2.71 bits per heavy atom. The van der Waals surface area contributed by atoms with E-state index < -0.39 is 5.60 Å². The Balaban J connectivity index is 1.79. The van der Waals surface area contributed by atoms with Crippen LogP contribution in [0.4, 0.5) is 9.52 Å². The number of anilines is 1. The lowest BCUT2D eigenvalue weighted by Crippen LogP contribution is -2.22. The summed E-state index contributed by atoms with van der Waals surface area (Å²) in [5.74, 6) is 1.39. The highest BCUT2D eigenvalue weighted by Crippen LogP contribution is 2.25. The van der Waals surface area contributed by atoms with Gasteiger partial charge in [-0.2, -0.15) is 11.8 Å². The van der Waals surface area contributed by atoms with Crippen molar-refractivity contribution in [3.8, 4) is 11.3 Å². The van der Waals surface area contributed by atoms with E-state index in [1.807, 2.05) is 19.2 Å². The topological polar surface area (TPSA) is 45.1 Å². The molecule has 0 amide bonds. The number of rotatable bonds is 7. The van der Waals surface area contributed by atoms with E-state index in [4.69, 9.17) is 0 Å². The molecular weight excluding hydrogens is 307 g/mol. The average molecular weight is 326 g/mol. The Kier molecular flexibility index (Phi) is 5.61. The summed E-state index contributed by atoms with van der Waals surface area (Å²) >= 11 is 3.24. The molecule has 2 rings (SSSR count). The van der Waals surface area contributed by atoms with E-state index in [-0.39, 0.29) is 5.82 Å². The maximum atomic E-state index is 12.9. The fraction of sp³-hybridized carbons (Fsp3) is 0.400. The Morgan fingerprint density at radius 2 is 2.05 bits per heavy atom. The quantitative estimate of drug-likeness (QED) is 0.758. The van der Waals surface area contributed by atoms with Crippen LogP contribution < -0.4 is 5.32 Å². The van der Waals surface area contributed by atoms with Crippen molar-refractivity contribution >= 4 is 28.2 Å². The van der Waals surface area contributed by atoms with E-state index in [2.05, 4.69) is 10.3 Å². The summed E-state index contributed by atoms with van der Waals surface area (Å²) in [6.07, 6.45) is 0. The Labute approximate surface area is 132 Å². The van der Waals surface area contributed by atoms with Crippen LogP contribution in [0.25, 0.3) is 11.3 Å². The van der Waals surface area contributed by atoms with Gasteiger partial charge in [0.2, 0.25) is 0 Å². The van der Waals surface area contributed by atoms with E-state index in [1.54, 1.807) is 23.9 Å². The molecule has 0 aliphatic carbocycles. The monoisotopic (exact) mass is 326 g/mol. The maximum Gasteiger partial charge on any atom is 0.183 e. The fourth-order valence-electron chi connectivity index (χ4n) is 1.66. The van der Waals surface area contributed by atoms with Crippen LogP contribution in [0.5, 0.6) is 0 Å². The van der Waals surface area contributed by atoms with E-state index in [9.17, 15) is 9.50 Å². The molecule has 2 aromatic rings. The van der Waals surface area contributed by atoms with Crippen molar-refractivity contribution in [2.45, 2.75) is 19.4 Å². The van der Waals surface area contributed by atoms with Gasteiger partial charge in [0, 0.05) is 29.0 Å². The number of nitrogens with one attached hydrogen (secondary N) is 1. The molecule has 1 heterocycles. The molecule has 0 aliphatic rings. The van der Waals surface area contributed by atoms with E-state index >= 15 is 0 Å². The molecule has 114 valence electrons. The molecule has 1 aromatic heterocycles. The third-order valence-electron chi connectivity index (χ3n) is 2.62. The molecule has 0 unspecified atom stereocenters. The minimum atomic E-state index is -0.623. The van der Waals surface area contributed by atoms with Gasteiger partial charge >= 0.3 is 0 Å². The zero-order valence-electron chi connectivity index (χ0n) is 12.1. The zero-order chi connectivity index (χ0) is 15.3. The van der Waals surface area contributed by atoms with Crippen LogP contribution in [0.15, 0.2) is 29.6 Å². The largest absolute Gasteiger partial charge is 0.390 e. The predicted octanol–water partition coefficient (Wildman–Crippen LogP) is 3.87. The molecular formula is C15H19FN2OS2. The number of hydrogen-bond donors (Lipinski definition) is 2. The summed E-state index contributed by atoms with van der Waals surface area (Å²) in [5, 5.41) is 15.7. The van der Waals surface area contributed by atoms with Crippen molar-refractivity contribution in [2.75, 3.05) is 23.4 Å². The van der Waals surface area contributed by atoms with Gasteiger partial charge in [-0.05, 0) is 38.1 Å². The Morgan fingerprint density at radius 1 is 1.33 bits per heavy atom. The molecule has 0 fully saturated rings. The minimum Gasteiger partial charge on any atom is -0.390 e. The summed E-state index contributed by atoms with van der Waals surface area (Å²) in [7, 11) is 0. The van der Waals surface area contributed by atoms with Crippen molar-refractivity contribution in [3.63, 3.8) is 0 Å². The van der Waals surface area contributed by atoms with Gasteiger partial charge in [-0.3, -0.25) is 0 Å². The van der Waals surface area contributed by atoms with Crippen LogP contribution in [0.1, 0.15) is 13.8 Å². The number of benzene rings is 1. The van der Waals surface area contributed by atoms with Gasteiger partial charge in [0.15, 0.2) is 5.13 Å². The number of aromatic nitrogens is 1. The molecule has 0 aliphatic heterocycles. The van der Waals surface area contributed by atoms with Gasteiger partial charge in [-0.15, -0.1) is 11.3 Å². The second-order valence-electron chi connectivity index (χ2n) is 5.34. The average Bonchev–Trinajstić information content (AvgIpc) is 2.87. The predicted molar refractivity (Wildman–Crippen MR) is 89.6 cm³/mol. The highest BCUT2D eigenvalue weighted by atomic mass is 32.2. The number of hydrogen-bond acceptors (Lipinski definition) is 5. The van der Waals surface area contributed by atoms with Crippen LogP contribution >= 0.6 is 23.1 Å². The van der Waals surface area contributed by atoms with Crippen LogP contribution in [-0.2, 0) is 0 Å². The Hall–Kier alpha value is -1.11. The molecule has 2 N–H and O–H groups in total. The summed E-state index contributed by atoms with van der Waals surface area (Å²) in [6, 6.07) is 6.34. The Bertz CT molecular complexity index is 564. The molecule has 0 spiro atoms. The first-order chi connectivity index (χ1) is 9.94. The molecule has 1 aromatic carbocycles. The van der Waals surface area contributed by atoms with Crippen LogP contribution in [0.3, 0.4) is 0 Å². The summed E-state index contributed by atoms with van der Waals surface area (Å²) < 4.78 is 12.9. The summed E-state index contributed by atoms with van der Waals surface area (Å²) in [5.41, 5.74) is 1.14.